The molecule has 0 aliphatic heterocycles. The average molecular weight is 564 g/mol. The molecule has 0 saturated carbocycles. The van der Waals surface area contributed by atoms with E-state index < -0.39 is 12.1 Å². The molecule has 4 nitrogen and oxygen atoms in total. The molecule has 2 atom stereocenters. The molecule has 1 amide bonds. The predicted molar refractivity (Wildman–Crippen MR) is 175 cm³/mol. The van der Waals surface area contributed by atoms with Crippen LogP contribution in [0.2, 0.25) is 0 Å². The van der Waals surface area contributed by atoms with E-state index in [1.54, 1.807) is 6.08 Å². The van der Waals surface area contributed by atoms with Gasteiger partial charge < -0.3 is 15.5 Å². The van der Waals surface area contributed by atoms with Crippen LogP contribution in [-0.4, -0.2) is 34.9 Å². The Morgan fingerprint density at radius 3 is 1.48 bits per heavy atom. The third-order valence-corrected chi connectivity index (χ3v) is 7.91. The third kappa shape index (κ3) is 28.4. The molecule has 40 heavy (non-hydrogen) atoms. The number of unbranched alkanes of at least 4 members (excludes halogenated alkanes) is 22. The van der Waals surface area contributed by atoms with Gasteiger partial charge in [0.05, 0.1) is 18.8 Å². The second-order valence-corrected chi connectivity index (χ2v) is 11.9. The fraction of sp³-hybridized carbons (Fsp3) is 0.861. The molecule has 0 saturated heterocycles. The maximum absolute atomic E-state index is 12.3. The number of carbonyl (C=O) groups is 1. The molecule has 0 bridgehead atoms. The number of rotatable bonds is 31. The van der Waals surface area contributed by atoms with Crippen LogP contribution in [0.15, 0.2) is 24.3 Å². The van der Waals surface area contributed by atoms with Crippen LogP contribution in [0.25, 0.3) is 0 Å². The molecule has 2 unspecified atom stereocenters. The van der Waals surface area contributed by atoms with Crippen molar-refractivity contribution in [2.75, 3.05) is 6.61 Å². The highest BCUT2D eigenvalue weighted by atomic mass is 16.3. The van der Waals surface area contributed by atoms with Crippen molar-refractivity contribution in [3.05, 3.63) is 24.3 Å². The molecular weight excluding hydrogens is 494 g/mol. The predicted octanol–water partition coefficient (Wildman–Crippen LogP) is 10.1. The van der Waals surface area contributed by atoms with E-state index in [9.17, 15) is 15.0 Å². The molecule has 0 heterocycles. The third-order valence-electron chi connectivity index (χ3n) is 7.91. The minimum atomic E-state index is -0.837. The second kappa shape index (κ2) is 32.4. The molecule has 0 spiro atoms. The Bertz CT molecular complexity index is 574. The summed E-state index contributed by atoms with van der Waals surface area (Å²) in [5, 5.41) is 22.8. The van der Waals surface area contributed by atoms with Crippen LogP contribution >= 0.6 is 0 Å². The first-order valence-corrected chi connectivity index (χ1v) is 17.6. The highest BCUT2D eigenvalue weighted by molar-refractivity contribution is 5.76. The van der Waals surface area contributed by atoms with E-state index >= 15 is 0 Å². The number of aliphatic hydroxyl groups is 2. The van der Waals surface area contributed by atoms with Gasteiger partial charge in [-0.2, -0.15) is 0 Å². The Morgan fingerprint density at radius 2 is 1.00 bits per heavy atom. The Labute approximate surface area is 249 Å². The molecule has 3 N–H and O–H groups in total. The van der Waals surface area contributed by atoms with Gasteiger partial charge in [-0.15, -0.1) is 0 Å². The first-order chi connectivity index (χ1) is 19.7. The summed E-state index contributed by atoms with van der Waals surface area (Å²) in [5.74, 6) is -0.0675. The molecule has 0 aliphatic rings. The van der Waals surface area contributed by atoms with Crippen molar-refractivity contribution in [3.8, 4) is 0 Å². The van der Waals surface area contributed by atoms with E-state index in [2.05, 4.69) is 31.3 Å². The lowest BCUT2D eigenvalue weighted by Gasteiger charge is -2.20. The smallest absolute Gasteiger partial charge is 0.220 e. The highest BCUT2D eigenvalue weighted by Crippen LogP contribution is 2.14. The summed E-state index contributed by atoms with van der Waals surface area (Å²) in [6.07, 6.45) is 39.7. The number of aliphatic hydroxyl groups excluding tert-OH is 2. The Hall–Kier alpha value is -1.13. The van der Waals surface area contributed by atoms with Gasteiger partial charge in [-0.05, 0) is 38.5 Å². The molecule has 236 valence electrons. The van der Waals surface area contributed by atoms with Crippen LogP contribution in [0.4, 0.5) is 0 Å². The van der Waals surface area contributed by atoms with Gasteiger partial charge in [0.15, 0.2) is 0 Å². The lowest BCUT2D eigenvalue weighted by Crippen LogP contribution is -2.45. The summed E-state index contributed by atoms with van der Waals surface area (Å²) in [5.41, 5.74) is 0. The molecular formula is C36H69NO3. The van der Waals surface area contributed by atoms with Crippen LogP contribution < -0.4 is 5.32 Å². The van der Waals surface area contributed by atoms with Crippen molar-refractivity contribution < 1.29 is 15.0 Å². The Morgan fingerprint density at radius 1 is 0.575 bits per heavy atom. The van der Waals surface area contributed by atoms with E-state index in [1.165, 1.54) is 135 Å². The normalized spacial score (nSPS) is 13.4. The summed E-state index contributed by atoms with van der Waals surface area (Å²) >= 11 is 0. The largest absolute Gasteiger partial charge is 0.394 e. The van der Waals surface area contributed by atoms with Crippen molar-refractivity contribution in [3.63, 3.8) is 0 Å². The number of nitrogens with one attached hydrogen (secondary N) is 1. The summed E-state index contributed by atoms with van der Waals surface area (Å²) in [4.78, 5) is 12.3. The van der Waals surface area contributed by atoms with Crippen molar-refractivity contribution in [2.45, 2.75) is 193 Å². The topological polar surface area (TPSA) is 69.6 Å². The van der Waals surface area contributed by atoms with E-state index in [4.69, 9.17) is 0 Å². The quantitative estimate of drug-likeness (QED) is 0.0580. The van der Waals surface area contributed by atoms with Crippen molar-refractivity contribution in [2.24, 2.45) is 0 Å². The molecule has 0 fully saturated rings. The van der Waals surface area contributed by atoms with Crippen molar-refractivity contribution in [1.29, 1.82) is 0 Å². The van der Waals surface area contributed by atoms with Gasteiger partial charge in [0, 0.05) is 6.42 Å². The summed E-state index contributed by atoms with van der Waals surface area (Å²) in [6.45, 7) is 4.24. The fourth-order valence-corrected chi connectivity index (χ4v) is 5.18. The zero-order valence-corrected chi connectivity index (χ0v) is 26.9. The van der Waals surface area contributed by atoms with Crippen molar-refractivity contribution >= 4 is 5.91 Å². The van der Waals surface area contributed by atoms with Crippen LogP contribution in [-0.2, 0) is 4.79 Å². The second-order valence-electron chi connectivity index (χ2n) is 11.9. The van der Waals surface area contributed by atoms with Gasteiger partial charge in [-0.25, -0.2) is 0 Å². The van der Waals surface area contributed by atoms with Gasteiger partial charge in [0.25, 0.3) is 0 Å². The number of carbonyl (C=O) groups excluding carboxylic acids is 1. The molecule has 0 aromatic rings. The van der Waals surface area contributed by atoms with Gasteiger partial charge in [0.1, 0.15) is 0 Å². The Balaban J connectivity index is 3.62. The van der Waals surface area contributed by atoms with Crippen molar-refractivity contribution in [1.82, 2.24) is 5.32 Å². The minimum Gasteiger partial charge on any atom is -0.394 e. The van der Waals surface area contributed by atoms with E-state index in [-0.39, 0.29) is 12.5 Å². The maximum Gasteiger partial charge on any atom is 0.220 e. The standard InChI is InChI=1S/C36H69NO3/c1-3-5-7-9-11-13-15-17-18-20-22-24-26-28-30-32-36(40)37-34(33-38)35(39)31-29-27-25-23-21-19-16-14-12-10-8-6-4-2/h8,10,29,31,34-35,38-39H,3-7,9,11-28,30,32-33H2,1-2H3,(H,37,40). The van der Waals surface area contributed by atoms with Gasteiger partial charge in [0.2, 0.25) is 5.91 Å². The molecule has 0 aromatic heterocycles. The summed E-state index contributed by atoms with van der Waals surface area (Å²) < 4.78 is 0. The first-order valence-electron chi connectivity index (χ1n) is 17.6. The van der Waals surface area contributed by atoms with E-state index in [0.717, 1.165) is 25.7 Å². The number of hydrogen-bond donors (Lipinski definition) is 3. The summed E-state index contributed by atoms with van der Waals surface area (Å²) in [7, 11) is 0. The molecule has 0 aromatic carbocycles. The number of allylic oxidation sites excluding steroid dienone is 3. The van der Waals surface area contributed by atoms with Gasteiger partial charge >= 0.3 is 0 Å². The molecule has 0 radical (unpaired) electrons. The maximum atomic E-state index is 12.3. The minimum absolute atomic E-state index is 0.0675. The molecule has 4 heteroatoms. The number of hydrogen-bond acceptors (Lipinski definition) is 3. The summed E-state index contributed by atoms with van der Waals surface area (Å²) in [6, 6.07) is -0.619. The average Bonchev–Trinajstić information content (AvgIpc) is 2.96. The first kappa shape index (κ1) is 38.9. The van der Waals surface area contributed by atoms with Crippen LogP contribution in [0.3, 0.4) is 0 Å². The van der Waals surface area contributed by atoms with Crippen LogP contribution in [0, 0.1) is 0 Å². The van der Waals surface area contributed by atoms with E-state index in [1.807, 2.05) is 6.08 Å². The lowest BCUT2D eigenvalue weighted by atomic mass is 10.0. The lowest BCUT2D eigenvalue weighted by molar-refractivity contribution is -0.123. The van der Waals surface area contributed by atoms with Gasteiger partial charge in [-0.3, -0.25) is 4.79 Å². The van der Waals surface area contributed by atoms with E-state index in [0.29, 0.717) is 6.42 Å². The number of amides is 1. The zero-order chi connectivity index (χ0) is 29.4. The van der Waals surface area contributed by atoms with Gasteiger partial charge in [-0.1, -0.05) is 160 Å². The van der Waals surface area contributed by atoms with Crippen LogP contribution in [0.1, 0.15) is 181 Å². The SMILES string of the molecule is CCCC=CCCCCCCCCC=CC(O)C(CO)NC(=O)CCCCCCCCCCCCCCCCC. The fourth-order valence-electron chi connectivity index (χ4n) is 5.18. The molecule has 0 rings (SSSR count). The Kier molecular flexibility index (Phi) is 31.5. The zero-order valence-electron chi connectivity index (χ0n) is 26.9. The monoisotopic (exact) mass is 564 g/mol. The molecule has 0 aliphatic carbocycles. The highest BCUT2D eigenvalue weighted by Gasteiger charge is 2.17. The van der Waals surface area contributed by atoms with Crippen LogP contribution in [0.5, 0.6) is 0 Å².